The predicted octanol–water partition coefficient (Wildman–Crippen LogP) is 0.0761. The maximum Gasteiger partial charge on any atom is 0.185 e. The van der Waals surface area contributed by atoms with Crippen LogP contribution >= 0.6 is 12.4 Å². The first-order valence-electron chi connectivity index (χ1n) is 3.05. The van der Waals surface area contributed by atoms with Crippen LogP contribution in [-0.4, -0.2) is 22.4 Å². The molecule has 0 unspecified atom stereocenters. The lowest BCUT2D eigenvalue weighted by Crippen LogP contribution is -2.11. The van der Waals surface area contributed by atoms with Gasteiger partial charge in [-0.15, -0.1) is 12.4 Å². The monoisotopic (exact) mass is 175 g/mol. The summed E-state index contributed by atoms with van der Waals surface area (Å²) in [6, 6.07) is 0. The smallest absolute Gasteiger partial charge is 0.185 e. The number of imidazole rings is 1. The number of hydrogen-bond acceptors (Lipinski definition) is 3. The minimum Gasteiger partial charge on any atom is -0.329 e. The summed E-state index contributed by atoms with van der Waals surface area (Å²) in [6.07, 6.45) is 4.03. The summed E-state index contributed by atoms with van der Waals surface area (Å²) in [5.41, 5.74) is 5.28. The molecule has 1 rings (SSSR count). The molecular weight excluding hydrogens is 166 g/mol. The molecule has 4 nitrogen and oxygen atoms in total. The van der Waals surface area contributed by atoms with Crippen molar-refractivity contribution in [1.29, 1.82) is 0 Å². The van der Waals surface area contributed by atoms with Gasteiger partial charge in [-0.2, -0.15) is 0 Å². The Balaban J connectivity index is 0.000001000. The molecule has 0 atom stereocenters. The van der Waals surface area contributed by atoms with E-state index in [1.54, 1.807) is 17.0 Å². The van der Waals surface area contributed by atoms with Crippen molar-refractivity contribution < 1.29 is 4.79 Å². The summed E-state index contributed by atoms with van der Waals surface area (Å²) < 4.78 is 1.72. The Bertz CT molecular complexity index is 223. The van der Waals surface area contributed by atoms with Crippen LogP contribution in [0, 0.1) is 0 Å². The van der Waals surface area contributed by atoms with Gasteiger partial charge >= 0.3 is 0 Å². The van der Waals surface area contributed by atoms with Gasteiger partial charge in [0.1, 0.15) is 0 Å². The third-order valence-corrected chi connectivity index (χ3v) is 1.22. The molecule has 62 valence electrons. The van der Waals surface area contributed by atoms with Gasteiger partial charge in [0, 0.05) is 25.5 Å². The van der Waals surface area contributed by atoms with E-state index in [0.29, 0.717) is 18.9 Å². The number of carbonyl (C=O) groups is 1. The van der Waals surface area contributed by atoms with Gasteiger partial charge in [0.15, 0.2) is 12.1 Å². The third kappa shape index (κ3) is 2.32. The largest absolute Gasteiger partial charge is 0.329 e. The standard InChI is InChI=1S/C6H9N3O.ClH/c7-1-3-9-4-2-8-6(9)5-10;/h2,4-5H,1,3,7H2;1H. The third-order valence-electron chi connectivity index (χ3n) is 1.22. The summed E-state index contributed by atoms with van der Waals surface area (Å²) in [5, 5.41) is 0. The van der Waals surface area contributed by atoms with Crippen molar-refractivity contribution in [3.63, 3.8) is 0 Å². The van der Waals surface area contributed by atoms with Crippen molar-refractivity contribution in [1.82, 2.24) is 9.55 Å². The molecule has 0 fully saturated rings. The molecule has 0 aromatic carbocycles. The Morgan fingerprint density at radius 3 is 3.00 bits per heavy atom. The molecule has 0 saturated carbocycles. The zero-order valence-corrected chi connectivity index (χ0v) is 6.75. The maximum absolute atomic E-state index is 10.2. The van der Waals surface area contributed by atoms with Crippen molar-refractivity contribution in [3.05, 3.63) is 18.2 Å². The topological polar surface area (TPSA) is 60.9 Å². The van der Waals surface area contributed by atoms with Gasteiger partial charge in [-0.25, -0.2) is 4.98 Å². The van der Waals surface area contributed by atoms with Crippen LogP contribution < -0.4 is 5.73 Å². The summed E-state index contributed by atoms with van der Waals surface area (Å²) in [4.78, 5) is 14.0. The molecule has 11 heavy (non-hydrogen) atoms. The highest BCUT2D eigenvalue weighted by Gasteiger charge is 1.96. The van der Waals surface area contributed by atoms with Gasteiger partial charge in [-0.3, -0.25) is 4.79 Å². The fraction of sp³-hybridized carbons (Fsp3) is 0.333. The van der Waals surface area contributed by atoms with E-state index >= 15 is 0 Å². The lowest BCUT2D eigenvalue weighted by Gasteiger charge is -1.98. The molecule has 0 aliphatic rings. The number of nitrogens with zero attached hydrogens (tertiary/aromatic N) is 2. The van der Waals surface area contributed by atoms with Gasteiger partial charge in [0.25, 0.3) is 0 Å². The predicted molar refractivity (Wildman–Crippen MR) is 43.9 cm³/mol. The first-order valence-corrected chi connectivity index (χ1v) is 3.05. The molecule has 1 heterocycles. The minimum atomic E-state index is 0. The molecule has 0 saturated heterocycles. The quantitative estimate of drug-likeness (QED) is 0.662. The van der Waals surface area contributed by atoms with E-state index in [2.05, 4.69) is 4.98 Å². The molecule has 1 aromatic heterocycles. The van der Waals surface area contributed by atoms with Crippen LogP contribution in [0.3, 0.4) is 0 Å². The van der Waals surface area contributed by atoms with Crippen LogP contribution in [0.4, 0.5) is 0 Å². The van der Waals surface area contributed by atoms with E-state index in [0.717, 1.165) is 6.29 Å². The molecule has 0 bridgehead atoms. The highest BCUT2D eigenvalue weighted by Crippen LogP contribution is 1.91. The zero-order valence-electron chi connectivity index (χ0n) is 5.93. The van der Waals surface area contributed by atoms with Crippen molar-refractivity contribution in [2.75, 3.05) is 6.54 Å². The van der Waals surface area contributed by atoms with Crippen LogP contribution in [0.15, 0.2) is 12.4 Å². The molecule has 0 spiro atoms. The molecule has 1 aromatic rings. The average molecular weight is 176 g/mol. The first kappa shape index (κ1) is 10.1. The van der Waals surface area contributed by atoms with Gasteiger partial charge < -0.3 is 10.3 Å². The number of carbonyl (C=O) groups excluding carboxylic acids is 1. The Morgan fingerprint density at radius 2 is 2.45 bits per heavy atom. The van der Waals surface area contributed by atoms with E-state index in [-0.39, 0.29) is 12.4 Å². The van der Waals surface area contributed by atoms with Crippen LogP contribution in [0.1, 0.15) is 10.6 Å². The van der Waals surface area contributed by atoms with Crippen LogP contribution in [0.2, 0.25) is 0 Å². The van der Waals surface area contributed by atoms with Crippen molar-refractivity contribution in [2.24, 2.45) is 5.73 Å². The number of hydrogen-bond donors (Lipinski definition) is 1. The van der Waals surface area contributed by atoms with Crippen molar-refractivity contribution >= 4 is 18.7 Å². The molecule has 0 aliphatic carbocycles. The molecule has 0 amide bonds. The molecule has 0 aliphatic heterocycles. The fourth-order valence-electron chi connectivity index (χ4n) is 0.767. The average Bonchev–Trinajstić information content (AvgIpc) is 2.36. The number of aromatic nitrogens is 2. The second-order valence-corrected chi connectivity index (χ2v) is 1.89. The summed E-state index contributed by atoms with van der Waals surface area (Å²) in [7, 11) is 0. The van der Waals surface area contributed by atoms with E-state index in [4.69, 9.17) is 5.73 Å². The zero-order chi connectivity index (χ0) is 7.40. The van der Waals surface area contributed by atoms with Crippen LogP contribution in [-0.2, 0) is 6.54 Å². The lowest BCUT2D eigenvalue weighted by atomic mass is 10.6. The molecule has 0 radical (unpaired) electrons. The number of nitrogens with two attached hydrogens (primary N) is 1. The summed E-state index contributed by atoms with van der Waals surface area (Å²) in [5.74, 6) is 0.436. The van der Waals surface area contributed by atoms with Gasteiger partial charge in [-0.1, -0.05) is 0 Å². The number of halogens is 1. The molecule has 2 N–H and O–H groups in total. The van der Waals surface area contributed by atoms with E-state index < -0.39 is 0 Å². The second-order valence-electron chi connectivity index (χ2n) is 1.89. The van der Waals surface area contributed by atoms with Crippen molar-refractivity contribution in [3.8, 4) is 0 Å². The number of rotatable bonds is 3. The minimum absolute atomic E-state index is 0. The van der Waals surface area contributed by atoms with Crippen LogP contribution in [0.5, 0.6) is 0 Å². The maximum atomic E-state index is 10.2. The Morgan fingerprint density at radius 1 is 1.73 bits per heavy atom. The fourth-order valence-corrected chi connectivity index (χ4v) is 0.767. The number of aldehydes is 1. The first-order chi connectivity index (χ1) is 4.88. The van der Waals surface area contributed by atoms with Gasteiger partial charge in [-0.05, 0) is 0 Å². The summed E-state index contributed by atoms with van der Waals surface area (Å²) in [6.45, 7) is 1.17. The Labute approximate surface area is 70.8 Å². The normalized spacial score (nSPS) is 8.82. The summed E-state index contributed by atoms with van der Waals surface area (Å²) >= 11 is 0. The van der Waals surface area contributed by atoms with Gasteiger partial charge in [0.2, 0.25) is 0 Å². The Hall–Kier alpha value is -0.870. The van der Waals surface area contributed by atoms with Crippen molar-refractivity contribution in [2.45, 2.75) is 6.54 Å². The van der Waals surface area contributed by atoms with Crippen LogP contribution in [0.25, 0.3) is 0 Å². The lowest BCUT2D eigenvalue weighted by molar-refractivity contribution is 0.111. The second kappa shape index (κ2) is 4.87. The van der Waals surface area contributed by atoms with Gasteiger partial charge in [0.05, 0.1) is 0 Å². The molecule has 5 heteroatoms. The van der Waals surface area contributed by atoms with E-state index in [1.807, 2.05) is 0 Å². The SMILES string of the molecule is Cl.NCCn1ccnc1C=O. The highest BCUT2D eigenvalue weighted by atomic mass is 35.5. The van der Waals surface area contributed by atoms with E-state index in [1.165, 1.54) is 0 Å². The highest BCUT2D eigenvalue weighted by molar-refractivity contribution is 5.85. The Kier molecular flexibility index (Phi) is 4.49. The van der Waals surface area contributed by atoms with E-state index in [9.17, 15) is 4.79 Å². The molecular formula is C6H10ClN3O.